The molecule has 7 heteroatoms. The van der Waals surface area contributed by atoms with Crippen LogP contribution in [0.1, 0.15) is 27.2 Å². The highest BCUT2D eigenvalue weighted by Crippen LogP contribution is 2.27. The minimum Gasteiger partial charge on any atom is -0.748 e. The van der Waals surface area contributed by atoms with Gasteiger partial charge in [0.25, 0.3) is 0 Å². The molecule has 0 heterocycles. The number of quaternary nitrogens is 1. The van der Waals surface area contributed by atoms with Gasteiger partial charge in [0.05, 0.1) is 11.4 Å². The van der Waals surface area contributed by atoms with E-state index in [0.717, 1.165) is 6.08 Å². The molecule has 0 aromatic carbocycles. The highest BCUT2D eigenvalue weighted by molar-refractivity contribution is 7.87. The van der Waals surface area contributed by atoms with E-state index in [1.165, 1.54) is 13.8 Å². The van der Waals surface area contributed by atoms with E-state index in [1.54, 1.807) is 6.92 Å². The Hall–Kier alpha value is -0.920. The molecular weight excluding hydrogens is 246 g/mol. The summed E-state index contributed by atoms with van der Waals surface area (Å²) in [5, 5.41) is 0. The third-order valence-electron chi connectivity index (χ3n) is 2.79. The van der Waals surface area contributed by atoms with Gasteiger partial charge < -0.3 is 15.4 Å². The van der Waals surface area contributed by atoms with Crippen LogP contribution in [-0.2, 0) is 19.6 Å². The zero-order valence-electron chi connectivity index (χ0n) is 10.7. The molecule has 0 saturated carbocycles. The van der Waals surface area contributed by atoms with E-state index >= 15 is 0 Å². The zero-order valence-corrected chi connectivity index (χ0v) is 11.5. The minimum absolute atomic E-state index is 0. The summed E-state index contributed by atoms with van der Waals surface area (Å²) < 4.78 is 36.3. The van der Waals surface area contributed by atoms with Crippen LogP contribution in [-0.4, -0.2) is 30.3 Å². The molecule has 1 unspecified atom stereocenters. The smallest absolute Gasteiger partial charge is 0.330 e. The Labute approximate surface area is 102 Å². The Balaban J connectivity index is 0. The van der Waals surface area contributed by atoms with Crippen LogP contribution < -0.4 is 6.15 Å². The van der Waals surface area contributed by atoms with Crippen molar-refractivity contribution in [3.05, 3.63) is 12.7 Å². The predicted molar refractivity (Wildman–Crippen MR) is 64.7 cm³/mol. The second kappa shape index (κ2) is 6.73. The molecule has 0 saturated heterocycles. The van der Waals surface area contributed by atoms with Crippen LogP contribution in [0.25, 0.3) is 0 Å². The molecule has 17 heavy (non-hydrogen) atoms. The lowest BCUT2D eigenvalue weighted by molar-refractivity contribution is -0.138. The predicted octanol–water partition coefficient (Wildman–Crippen LogP) is 1.44. The molecule has 0 aromatic heterocycles. The summed E-state index contributed by atoms with van der Waals surface area (Å²) in [4.78, 5) is 10.7. The van der Waals surface area contributed by atoms with Gasteiger partial charge in [0, 0.05) is 6.08 Å². The fraction of sp³-hybridized carbons (Fsp3) is 0.700. The molecule has 0 aromatic rings. The summed E-state index contributed by atoms with van der Waals surface area (Å²) in [5.74, 6) is -0.956. The highest BCUT2D eigenvalue weighted by Gasteiger charge is 2.32. The molecule has 0 spiro atoms. The summed E-state index contributed by atoms with van der Waals surface area (Å²) in [6.45, 7) is 7.68. The van der Waals surface area contributed by atoms with Gasteiger partial charge in [-0.2, -0.15) is 0 Å². The molecule has 1 atom stereocenters. The minimum atomic E-state index is -4.37. The molecule has 4 N–H and O–H groups in total. The second-order valence-electron chi connectivity index (χ2n) is 4.12. The molecular formula is C10H21NO5S. The first kappa shape index (κ1) is 18.4. The standard InChI is InChI=1S/C10H18O5S.H3N/c1-5-9(11)15-7-6-8(2)10(3,4)16(12,13)14;/h5,8H,1,6-7H2,2-4H3,(H,12,13,14);1H3. The van der Waals surface area contributed by atoms with Gasteiger partial charge >= 0.3 is 5.97 Å². The van der Waals surface area contributed by atoms with Crippen molar-refractivity contribution < 1.29 is 22.5 Å². The van der Waals surface area contributed by atoms with Gasteiger partial charge in [-0.15, -0.1) is 0 Å². The number of ether oxygens (including phenoxy) is 1. The van der Waals surface area contributed by atoms with Crippen molar-refractivity contribution in [1.29, 1.82) is 0 Å². The third kappa shape index (κ3) is 5.29. The zero-order chi connectivity index (χ0) is 13.0. The summed E-state index contributed by atoms with van der Waals surface area (Å²) in [7, 11) is -4.37. The molecule has 0 bridgehead atoms. The average molecular weight is 267 g/mol. The summed E-state index contributed by atoms with van der Waals surface area (Å²) in [6.07, 6.45) is 1.34. The van der Waals surface area contributed by atoms with Crippen molar-refractivity contribution in [2.24, 2.45) is 5.92 Å². The van der Waals surface area contributed by atoms with Gasteiger partial charge in [-0.05, 0) is 26.2 Å². The van der Waals surface area contributed by atoms with Crippen LogP contribution in [0.4, 0.5) is 0 Å². The van der Waals surface area contributed by atoms with Crippen molar-refractivity contribution in [2.45, 2.75) is 31.9 Å². The van der Waals surface area contributed by atoms with Crippen molar-refractivity contribution >= 4 is 16.1 Å². The van der Waals surface area contributed by atoms with Crippen LogP contribution in [0, 0.1) is 5.92 Å². The van der Waals surface area contributed by atoms with Crippen molar-refractivity contribution in [3.63, 3.8) is 0 Å². The molecule has 0 aliphatic heterocycles. The molecule has 0 amide bonds. The SMILES string of the molecule is C=CC(=O)OCCC(C)C(C)(C)S(=O)(=O)[O-].[NH4+]. The Kier molecular flexibility index (Phi) is 7.30. The maximum absolute atomic E-state index is 11.0. The lowest BCUT2D eigenvalue weighted by Gasteiger charge is -2.34. The lowest BCUT2D eigenvalue weighted by Crippen LogP contribution is -2.39. The van der Waals surface area contributed by atoms with Crippen molar-refractivity contribution in [3.8, 4) is 0 Å². The van der Waals surface area contributed by atoms with Crippen molar-refractivity contribution in [2.75, 3.05) is 6.61 Å². The summed E-state index contributed by atoms with van der Waals surface area (Å²) in [6, 6.07) is 0. The first-order valence-corrected chi connectivity index (χ1v) is 6.28. The van der Waals surface area contributed by atoms with Gasteiger partial charge in [0.1, 0.15) is 10.1 Å². The van der Waals surface area contributed by atoms with Gasteiger partial charge in [-0.1, -0.05) is 13.5 Å². The number of rotatable bonds is 6. The molecule has 6 nitrogen and oxygen atoms in total. The topological polar surface area (TPSA) is 120 Å². The number of esters is 1. The van der Waals surface area contributed by atoms with Crippen LogP contribution in [0.15, 0.2) is 12.7 Å². The third-order valence-corrected chi connectivity index (χ3v) is 4.48. The van der Waals surface area contributed by atoms with E-state index in [1.807, 2.05) is 0 Å². The van der Waals surface area contributed by atoms with E-state index in [4.69, 9.17) is 4.74 Å². The molecule has 0 rings (SSSR count). The first-order chi connectivity index (χ1) is 7.13. The maximum atomic E-state index is 11.0. The molecule has 0 radical (unpaired) electrons. The van der Waals surface area contributed by atoms with Crippen molar-refractivity contribution in [1.82, 2.24) is 6.15 Å². The van der Waals surface area contributed by atoms with Gasteiger partial charge in [-0.3, -0.25) is 0 Å². The number of carbonyl (C=O) groups excluding carboxylic acids is 1. The largest absolute Gasteiger partial charge is 0.748 e. The summed E-state index contributed by atoms with van der Waals surface area (Å²) in [5.41, 5.74) is 0. The first-order valence-electron chi connectivity index (χ1n) is 4.87. The Morgan fingerprint density at radius 3 is 2.35 bits per heavy atom. The van der Waals surface area contributed by atoms with E-state index < -0.39 is 26.8 Å². The monoisotopic (exact) mass is 267 g/mol. The molecule has 102 valence electrons. The number of hydrogen-bond donors (Lipinski definition) is 1. The van der Waals surface area contributed by atoms with E-state index in [2.05, 4.69) is 6.58 Å². The quantitative estimate of drug-likeness (QED) is 0.443. The van der Waals surface area contributed by atoms with E-state index in [0.29, 0.717) is 6.42 Å². The van der Waals surface area contributed by atoms with Crippen LogP contribution >= 0.6 is 0 Å². The second-order valence-corrected chi connectivity index (χ2v) is 6.08. The van der Waals surface area contributed by atoms with Crippen LogP contribution in [0.3, 0.4) is 0 Å². The van der Waals surface area contributed by atoms with Gasteiger partial charge in [0.2, 0.25) is 0 Å². The van der Waals surface area contributed by atoms with Crippen LogP contribution in [0.5, 0.6) is 0 Å². The van der Waals surface area contributed by atoms with Gasteiger partial charge in [-0.25, -0.2) is 13.2 Å². The summed E-state index contributed by atoms with van der Waals surface area (Å²) >= 11 is 0. The van der Waals surface area contributed by atoms with Crippen LogP contribution in [0.2, 0.25) is 0 Å². The van der Waals surface area contributed by atoms with Gasteiger partial charge in [0.15, 0.2) is 0 Å². The Bertz CT molecular complexity index is 361. The van der Waals surface area contributed by atoms with E-state index in [-0.39, 0.29) is 12.8 Å². The number of carbonyl (C=O) groups is 1. The Morgan fingerprint density at radius 2 is 2.00 bits per heavy atom. The molecule has 0 aliphatic carbocycles. The fourth-order valence-electron chi connectivity index (χ4n) is 0.989. The average Bonchev–Trinajstić information content (AvgIpc) is 2.15. The lowest BCUT2D eigenvalue weighted by atomic mass is 9.94. The molecule has 0 aliphatic rings. The number of hydrogen-bond acceptors (Lipinski definition) is 5. The fourth-order valence-corrected chi connectivity index (χ4v) is 1.60. The highest BCUT2D eigenvalue weighted by atomic mass is 32.2. The Morgan fingerprint density at radius 1 is 1.53 bits per heavy atom. The van der Waals surface area contributed by atoms with E-state index in [9.17, 15) is 17.8 Å². The molecule has 0 fully saturated rings. The normalized spacial score (nSPS) is 13.4. The maximum Gasteiger partial charge on any atom is 0.330 e.